The Morgan fingerprint density at radius 3 is 2.59 bits per heavy atom. The van der Waals surface area contributed by atoms with Gasteiger partial charge in [-0.2, -0.15) is 0 Å². The predicted octanol–water partition coefficient (Wildman–Crippen LogP) is 3.11. The van der Waals surface area contributed by atoms with Gasteiger partial charge in [0.2, 0.25) is 0 Å². The minimum absolute atomic E-state index is 0.140. The van der Waals surface area contributed by atoms with Gasteiger partial charge in [0.25, 0.3) is 0 Å². The molecule has 2 nitrogen and oxygen atoms in total. The molecular weight excluding hydrogens is 210 g/mol. The van der Waals surface area contributed by atoms with Crippen LogP contribution in [0.1, 0.15) is 37.3 Å². The molecule has 2 heteroatoms. The lowest BCUT2D eigenvalue weighted by molar-refractivity contribution is 0.281. The monoisotopic (exact) mass is 233 g/mol. The lowest BCUT2D eigenvalue weighted by Gasteiger charge is -2.33. The number of hydrogen-bond donors (Lipinski definition) is 1. The van der Waals surface area contributed by atoms with Crippen LogP contribution in [0.4, 0.5) is 5.69 Å². The van der Waals surface area contributed by atoms with E-state index in [9.17, 15) is 5.11 Å². The van der Waals surface area contributed by atoms with Crippen molar-refractivity contribution in [3.63, 3.8) is 0 Å². The molecule has 1 aromatic rings. The molecule has 17 heavy (non-hydrogen) atoms. The number of rotatable bonds is 5. The topological polar surface area (TPSA) is 23.5 Å². The van der Waals surface area contributed by atoms with E-state index in [4.69, 9.17) is 0 Å². The Balaban J connectivity index is 2.09. The molecule has 0 spiro atoms. The van der Waals surface area contributed by atoms with Gasteiger partial charge < -0.3 is 10.0 Å². The van der Waals surface area contributed by atoms with Crippen LogP contribution >= 0.6 is 0 Å². The van der Waals surface area contributed by atoms with Crippen molar-refractivity contribution in [2.75, 3.05) is 18.0 Å². The maximum atomic E-state index is 9.18. The van der Waals surface area contributed by atoms with Crippen molar-refractivity contribution in [3.05, 3.63) is 29.3 Å². The normalized spacial score (nSPS) is 15.7. The summed E-state index contributed by atoms with van der Waals surface area (Å²) in [5.41, 5.74) is 3.53. The molecule has 2 rings (SSSR count). The first-order valence-electron chi connectivity index (χ1n) is 6.70. The third-order valence-electron chi connectivity index (χ3n) is 3.95. The predicted molar refractivity (Wildman–Crippen MR) is 72.3 cm³/mol. The number of aliphatic hydroxyl groups is 1. The van der Waals surface area contributed by atoms with Crippen LogP contribution in [0, 0.1) is 12.8 Å². The van der Waals surface area contributed by atoms with Crippen LogP contribution in [0.3, 0.4) is 0 Å². The maximum Gasteiger partial charge on any atom is 0.0684 e. The van der Waals surface area contributed by atoms with Gasteiger partial charge in [0.05, 0.1) is 6.61 Å². The van der Waals surface area contributed by atoms with E-state index in [1.807, 2.05) is 6.07 Å². The molecule has 94 valence electrons. The van der Waals surface area contributed by atoms with Crippen LogP contribution in [0.25, 0.3) is 0 Å². The SMILES string of the molecule is CCN(CC1CCC1)c1ccc(CO)c(C)c1. The molecule has 0 saturated heterocycles. The van der Waals surface area contributed by atoms with Crippen LogP contribution in [-0.4, -0.2) is 18.2 Å². The first-order chi connectivity index (χ1) is 8.24. The molecule has 1 saturated carbocycles. The van der Waals surface area contributed by atoms with Crippen LogP contribution in [0.2, 0.25) is 0 Å². The van der Waals surface area contributed by atoms with Crippen LogP contribution in [0.5, 0.6) is 0 Å². The van der Waals surface area contributed by atoms with E-state index in [2.05, 4.69) is 30.9 Å². The average molecular weight is 233 g/mol. The van der Waals surface area contributed by atoms with Crippen molar-refractivity contribution in [2.45, 2.75) is 39.7 Å². The summed E-state index contributed by atoms with van der Waals surface area (Å²) in [7, 11) is 0. The minimum Gasteiger partial charge on any atom is -0.392 e. The summed E-state index contributed by atoms with van der Waals surface area (Å²) < 4.78 is 0. The smallest absolute Gasteiger partial charge is 0.0684 e. The van der Waals surface area contributed by atoms with Crippen molar-refractivity contribution in [1.29, 1.82) is 0 Å². The second-order valence-electron chi connectivity index (χ2n) is 5.10. The van der Waals surface area contributed by atoms with E-state index in [1.165, 1.54) is 37.1 Å². The van der Waals surface area contributed by atoms with Crippen molar-refractivity contribution in [3.8, 4) is 0 Å². The largest absolute Gasteiger partial charge is 0.392 e. The Labute approximate surface area is 104 Å². The van der Waals surface area contributed by atoms with E-state index in [-0.39, 0.29) is 6.61 Å². The molecule has 0 aliphatic heterocycles. The third-order valence-corrected chi connectivity index (χ3v) is 3.95. The highest BCUT2D eigenvalue weighted by Crippen LogP contribution is 2.29. The standard InChI is InChI=1S/C15H23NO/c1-3-16(10-13-5-4-6-13)15-8-7-14(11-17)12(2)9-15/h7-9,13,17H,3-6,10-11H2,1-2H3. The molecule has 0 bridgehead atoms. The molecule has 0 amide bonds. The first kappa shape index (κ1) is 12.4. The molecule has 1 aliphatic carbocycles. The summed E-state index contributed by atoms with van der Waals surface area (Å²) >= 11 is 0. The molecule has 0 heterocycles. The van der Waals surface area contributed by atoms with Crippen LogP contribution in [-0.2, 0) is 6.61 Å². The van der Waals surface area contributed by atoms with Gasteiger partial charge >= 0.3 is 0 Å². The quantitative estimate of drug-likeness (QED) is 0.844. The minimum atomic E-state index is 0.140. The Morgan fingerprint density at radius 2 is 2.12 bits per heavy atom. The van der Waals surface area contributed by atoms with Gasteiger partial charge in [-0.3, -0.25) is 0 Å². The molecule has 0 unspecified atom stereocenters. The number of anilines is 1. The van der Waals surface area contributed by atoms with Crippen LogP contribution < -0.4 is 4.90 Å². The van der Waals surface area contributed by atoms with Crippen molar-refractivity contribution >= 4 is 5.69 Å². The molecule has 0 aromatic heterocycles. The fourth-order valence-electron chi connectivity index (χ4n) is 2.46. The van der Waals surface area contributed by atoms with Gasteiger partial charge in [-0.1, -0.05) is 12.5 Å². The fraction of sp³-hybridized carbons (Fsp3) is 0.600. The summed E-state index contributed by atoms with van der Waals surface area (Å²) in [6, 6.07) is 6.39. The van der Waals surface area contributed by atoms with E-state index in [0.29, 0.717) is 0 Å². The molecule has 0 atom stereocenters. The Morgan fingerprint density at radius 1 is 1.35 bits per heavy atom. The molecular formula is C15H23NO. The summed E-state index contributed by atoms with van der Waals surface area (Å²) in [4.78, 5) is 2.46. The Kier molecular flexibility index (Phi) is 4.06. The zero-order chi connectivity index (χ0) is 12.3. The summed E-state index contributed by atoms with van der Waals surface area (Å²) in [6.45, 7) is 6.68. The van der Waals surface area contributed by atoms with Gasteiger partial charge in [-0.15, -0.1) is 0 Å². The lowest BCUT2D eigenvalue weighted by Crippen LogP contribution is -2.32. The van der Waals surface area contributed by atoms with Crippen LogP contribution in [0.15, 0.2) is 18.2 Å². The van der Waals surface area contributed by atoms with Gasteiger partial charge in [0.15, 0.2) is 0 Å². The van der Waals surface area contributed by atoms with Gasteiger partial charge in [0, 0.05) is 18.8 Å². The summed E-state index contributed by atoms with van der Waals surface area (Å²) in [6.07, 6.45) is 4.19. The third kappa shape index (κ3) is 2.81. The number of benzene rings is 1. The molecule has 0 radical (unpaired) electrons. The van der Waals surface area contributed by atoms with Gasteiger partial charge in [-0.25, -0.2) is 0 Å². The number of aryl methyl sites for hydroxylation is 1. The highest BCUT2D eigenvalue weighted by Gasteiger charge is 2.20. The number of aliphatic hydroxyl groups excluding tert-OH is 1. The summed E-state index contributed by atoms with van der Waals surface area (Å²) in [5.74, 6) is 0.896. The fourth-order valence-corrected chi connectivity index (χ4v) is 2.46. The van der Waals surface area contributed by atoms with Crippen molar-refractivity contribution in [2.24, 2.45) is 5.92 Å². The second kappa shape index (κ2) is 5.54. The zero-order valence-corrected chi connectivity index (χ0v) is 10.9. The van der Waals surface area contributed by atoms with Gasteiger partial charge in [0.1, 0.15) is 0 Å². The molecule has 1 aliphatic rings. The molecule has 1 fully saturated rings. The highest BCUT2D eigenvalue weighted by atomic mass is 16.3. The van der Waals surface area contributed by atoms with E-state index < -0.39 is 0 Å². The summed E-state index contributed by atoms with van der Waals surface area (Å²) in [5, 5.41) is 9.18. The van der Waals surface area contributed by atoms with Gasteiger partial charge in [-0.05, 0) is 55.9 Å². The van der Waals surface area contributed by atoms with Crippen molar-refractivity contribution in [1.82, 2.24) is 0 Å². The number of hydrogen-bond acceptors (Lipinski definition) is 2. The first-order valence-corrected chi connectivity index (χ1v) is 6.70. The Bertz CT molecular complexity index is 371. The maximum absolute atomic E-state index is 9.18. The average Bonchev–Trinajstić information content (AvgIpc) is 2.28. The Hall–Kier alpha value is -1.02. The van der Waals surface area contributed by atoms with E-state index in [1.54, 1.807) is 0 Å². The highest BCUT2D eigenvalue weighted by molar-refractivity contribution is 5.50. The second-order valence-corrected chi connectivity index (χ2v) is 5.10. The number of nitrogens with zero attached hydrogens (tertiary/aromatic N) is 1. The van der Waals surface area contributed by atoms with E-state index in [0.717, 1.165) is 18.0 Å². The molecule has 1 aromatic carbocycles. The van der Waals surface area contributed by atoms with E-state index >= 15 is 0 Å². The molecule has 1 N–H and O–H groups in total. The zero-order valence-electron chi connectivity index (χ0n) is 10.9. The lowest BCUT2D eigenvalue weighted by atomic mass is 9.85. The van der Waals surface area contributed by atoms with Crippen molar-refractivity contribution < 1.29 is 5.11 Å².